The topological polar surface area (TPSA) is 0 Å². The molecular weight excluding hydrogens is 439 g/mol. The maximum Gasteiger partial charge on any atom is 0.134 e. The lowest BCUT2D eigenvalue weighted by atomic mass is 9.79. The molecule has 0 unspecified atom stereocenters. The highest BCUT2D eigenvalue weighted by molar-refractivity contribution is 5.85. The van der Waals surface area contributed by atoms with Crippen LogP contribution in [0.1, 0.15) is 93.4 Å². The van der Waals surface area contributed by atoms with Gasteiger partial charge in [-0.2, -0.15) is 0 Å². The van der Waals surface area contributed by atoms with Gasteiger partial charge in [-0.1, -0.05) is 80.9 Å². The van der Waals surface area contributed by atoms with Crippen LogP contribution in [0.25, 0.3) is 10.8 Å². The number of rotatable bonds is 10. The highest BCUT2D eigenvalue weighted by Crippen LogP contribution is 2.33. The molecule has 0 heterocycles. The Bertz CT molecular complexity index is 1180. The summed E-state index contributed by atoms with van der Waals surface area (Å²) in [6, 6.07) is 18.5. The van der Waals surface area contributed by atoms with Crippen molar-refractivity contribution in [1.29, 1.82) is 0 Å². The molecule has 3 aromatic rings. The predicted octanol–water partition coefficient (Wildman–Crippen LogP) is 9.82. The Balaban J connectivity index is 1.34. The van der Waals surface area contributed by atoms with E-state index in [1.165, 1.54) is 63.4 Å². The van der Waals surface area contributed by atoms with E-state index in [0.29, 0.717) is 17.2 Å². The highest BCUT2D eigenvalue weighted by Gasteiger charge is 2.19. The minimum atomic E-state index is -0.0583. The summed E-state index contributed by atoms with van der Waals surface area (Å²) in [5.41, 5.74) is 4.18. The number of fused-ring (bicyclic) bond motifs is 1. The van der Waals surface area contributed by atoms with E-state index in [1.807, 2.05) is 24.3 Å². The third-order valence-electron chi connectivity index (χ3n) is 7.95. The number of benzene rings is 3. The summed E-state index contributed by atoms with van der Waals surface area (Å²) in [6.45, 7) is 6.19. The summed E-state index contributed by atoms with van der Waals surface area (Å²) in [4.78, 5) is 0. The fraction of sp³-hybridized carbons (Fsp3) is 0.429. The second-order valence-corrected chi connectivity index (χ2v) is 10.6. The van der Waals surface area contributed by atoms with Gasteiger partial charge in [0.15, 0.2) is 0 Å². The fourth-order valence-corrected chi connectivity index (χ4v) is 5.51. The largest absolute Gasteiger partial charge is 0.206 e. The molecular formula is C35H41F. The van der Waals surface area contributed by atoms with Gasteiger partial charge >= 0.3 is 0 Å². The van der Waals surface area contributed by atoms with Crippen LogP contribution in [0.2, 0.25) is 0 Å². The molecule has 0 radical (unpaired) electrons. The molecule has 36 heavy (non-hydrogen) atoms. The number of unbranched alkanes of at least 4 members (excludes halogenated alkanes) is 4. The van der Waals surface area contributed by atoms with Crippen LogP contribution in [0.4, 0.5) is 4.39 Å². The predicted molar refractivity (Wildman–Crippen MR) is 153 cm³/mol. The maximum atomic E-state index is 15.3. The van der Waals surface area contributed by atoms with Crippen LogP contribution in [-0.4, -0.2) is 0 Å². The van der Waals surface area contributed by atoms with Crippen molar-refractivity contribution < 1.29 is 4.39 Å². The molecule has 0 nitrogen and oxygen atoms in total. The first-order valence-electron chi connectivity index (χ1n) is 14.1. The average molecular weight is 481 g/mol. The molecule has 1 heteroatoms. The van der Waals surface area contributed by atoms with Crippen molar-refractivity contribution in [1.82, 2.24) is 0 Å². The Morgan fingerprint density at radius 3 is 2.31 bits per heavy atom. The molecule has 0 spiro atoms. The van der Waals surface area contributed by atoms with E-state index in [0.717, 1.165) is 41.3 Å². The van der Waals surface area contributed by atoms with Crippen LogP contribution in [0.5, 0.6) is 0 Å². The van der Waals surface area contributed by atoms with Crippen molar-refractivity contribution in [2.75, 3.05) is 0 Å². The molecule has 1 saturated carbocycles. The number of aryl methyl sites for hydroxylation is 2. The fourth-order valence-electron chi connectivity index (χ4n) is 5.51. The monoisotopic (exact) mass is 480 g/mol. The molecule has 1 aliphatic carbocycles. The van der Waals surface area contributed by atoms with Crippen molar-refractivity contribution in [2.45, 2.75) is 84.0 Å². The van der Waals surface area contributed by atoms with Gasteiger partial charge in [-0.25, -0.2) is 4.39 Å². The Morgan fingerprint density at radius 1 is 0.833 bits per heavy atom. The van der Waals surface area contributed by atoms with Crippen molar-refractivity contribution in [2.24, 2.45) is 11.8 Å². The van der Waals surface area contributed by atoms with Crippen molar-refractivity contribution in [3.63, 3.8) is 0 Å². The van der Waals surface area contributed by atoms with Gasteiger partial charge in [0, 0.05) is 16.5 Å². The molecule has 188 valence electrons. The van der Waals surface area contributed by atoms with Gasteiger partial charge in [-0.05, 0) is 104 Å². The van der Waals surface area contributed by atoms with Gasteiger partial charge in [0.05, 0.1) is 0 Å². The average Bonchev–Trinajstić information content (AvgIpc) is 2.92. The molecule has 0 N–H and O–H groups in total. The van der Waals surface area contributed by atoms with Gasteiger partial charge in [0.1, 0.15) is 5.82 Å². The van der Waals surface area contributed by atoms with Crippen LogP contribution in [-0.2, 0) is 12.8 Å². The van der Waals surface area contributed by atoms with E-state index in [1.54, 1.807) is 0 Å². The number of hydrogen-bond acceptors (Lipinski definition) is 0. The van der Waals surface area contributed by atoms with Gasteiger partial charge < -0.3 is 0 Å². The molecule has 0 amide bonds. The van der Waals surface area contributed by atoms with E-state index in [-0.39, 0.29) is 5.82 Å². The molecule has 1 fully saturated rings. The van der Waals surface area contributed by atoms with E-state index in [2.05, 4.69) is 61.8 Å². The number of allylic oxidation sites excluding steroid dienone is 1. The van der Waals surface area contributed by atoms with E-state index < -0.39 is 0 Å². The quantitative estimate of drug-likeness (QED) is 0.154. The lowest BCUT2D eigenvalue weighted by Gasteiger charge is -2.26. The molecule has 0 bridgehead atoms. The molecule has 0 aliphatic heterocycles. The zero-order valence-electron chi connectivity index (χ0n) is 22.0. The summed E-state index contributed by atoms with van der Waals surface area (Å²) in [6.07, 6.45) is 16.7. The lowest BCUT2D eigenvalue weighted by Crippen LogP contribution is -2.13. The Morgan fingerprint density at radius 2 is 1.56 bits per heavy atom. The van der Waals surface area contributed by atoms with Gasteiger partial charge in [0.25, 0.3) is 0 Å². The van der Waals surface area contributed by atoms with E-state index in [9.17, 15) is 0 Å². The zero-order valence-corrected chi connectivity index (χ0v) is 22.0. The Kier molecular flexibility index (Phi) is 9.80. The summed E-state index contributed by atoms with van der Waals surface area (Å²) in [5.74, 6) is 7.89. The molecule has 0 atom stereocenters. The van der Waals surface area contributed by atoms with Crippen LogP contribution in [0, 0.1) is 29.5 Å². The third-order valence-corrected chi connectivity index (χ3v) is 7.95. The molecule has 1 aliphatic rings. The Labute approximate surface area is 218 Å². The first-order chi connectivity index (χ1) is 17.7. The van der Waals surface area contributed by atoms with Crippen LogP contribution >= 0.6 is 0 Å². The molecule has 0 saturated heterocycles. The van der Waals surface area contributed by atoms with Crippen molar-refractivity contribution in [3.8, 4) is 11.8 Å². The van der Waals surface area contributed by atoms with Gasteiger partial charge in [0.2, 0.25) is 0 Å². The smallest absolute Gasteiger partial charge is 0.134 e. The maximum absolute atomic E-state index is 15.3. The first-order valence-corrected chi connectivity index (χ1v) is 14.1. The molecule has 3 aromatic carbocycles. The second-order valence-electron chi connectivity index (χ2n) is 10.6. The normalized spacial score (nSPS) is 17.5. The van der Waals surface area contributed by atoms with Crippen LogP contribution < -0.4 is 0 Å². The molecule has 0 aromatic heterocycles. The standard InChI is InChI=1S/C35H41F/c1-3-5-6-7-8-9-28-14-16-29(17-15-28)18-19-31-21-25-34-33(26-31)24-23-32(35(34)36)22-20-30-12-10-27(4-2)11-13-30/h4,14-17,21,23-27,30H,2-3,5-13,20,22H2,1H3. The second kappa shape index (κ2) is 13.5. The Hall–Kier alpha value is -2.85. The van der Waals surface area contributed by atoms with E-state index >= 15 is 4.39 Å². The summed E-state index contributed by atoms with van der Waals surface area (Å²) in [5, 5.41) is 1.63. The molecule has 4 rings (SSSR count). The first kappa shape index (κ1) is 26.2. The van der Waals surface area contributed by atoms with Crippen molar-refractivity contribution >= 4 is 10.8 Å². The number of halogens is 1. The van der Waals surface area contributed by atoms with Crippen molar-refractivity contribution in [3.05, 3.63) is 95.3 Å². The summed E-state index contributed by atoms with van der Waals surface area (Å²) >= 11 is 0. The summed E-state index contributed by atoms with van der Waals surface area (Å²) < 4.78 is 15.3. The minimum absolute atomic E-state index is 0.0583. The number of hydrogen-bond donors (Lipinski definition) is 0. The van der Waals surface area contributed by atoms with Crippen LogP contribution in [0.3, 0.4) is 0 Å². The van der Waals surface area contributed by atoms with Gasteiger partial charge in [-0.3, -0.25) is 0 Å². The third kappa shape index (κ3) is 7.33. The zero-order chi connectivity index (χ0) is 25.2. The SMILES string of the molecule is C=CC1CCC(CCc2ccc3cc(C#Cc4ccc(CCCCCCC)cc4)ccc3c2F)CC1. The summed E-state index contributed by atoms with van der Waals surface area (Å²) in [7, 11) is 0. The minimum Gasteiger partial charge on any atom is -0.206 e. The highest BCUT2D eigenvalue weighted by atomic mass is 19.1. The van der Waals surface area contributed by atoms with Gasteiger partial charge in [-0.15, -0.1) is 6.58 Å². The van der Waals surface area contributed by atoms with E-state index in [4.69, 9.17) is 0 Å². The lowest BCUT2D eigenvalue weighted by molar-refractivity contribution is 0.295. The van der Waals surface area contributed by atoms with Crippen LogP contribution in [0.15, 0.2) is 67.3 Å².